The maximum atomic E-state index is 13.0. The summed E-state index contributed by atoms with van der Waals surface area (Å²) in [6.45, 7) is 2.57. The van der Waals surface area contributed by atoms with E-state index in [0.29, 0.717) is 35.5 Å². The molecule has 6 heteroatoms. The van der Waals surface area contributed by atoms with E-state index in [2.05, 4.69) is 5.32 Å². The average molecular weight is 364 g/mol. The van der Waals surface area contributed by atoms with E-state index in [0.717, 1.165) is 12.0 Å². The quantitative estimate of drug-likeness (QED) is 0.908. The topological polar surface area (TPSA) is 75.7 Å². The number of aryl methyl sites for hydroxylation is 1. The van der Waals surface area contributed by atoms with Crippen molar-refractivity contribution in [2.75, 3.05) is 18.1 Å². The molecule has 0 bridgehead atoms. The molecule has 0 spiro atoms. The van der Waals surface area contributed by atoms with Gasteiger partial charge in [0.1, 0.15) is 18.4 Å². The van der Waals surface area contributed by atoms with Crippen molar-refractivity contribution < 1.29 is 19.1 Å². The van der Waals surface area contributed by atoms with Crippen molar-refractivity contribution in [2.24, 2.45) is 0 Å². The van der Waals surface area contributed by atoms with Crippen molar-refractivity contribution in [3.63, 3.8) is 0 Å². The van der Waals surface area contributed by atoms with Gasteiger partial charge < -0.3 is 15.0 Å². The van der Waals surface area contributed by atoms with Crippen LogP contribution in [0.25, 0.3) is 0 Å². The van der Waals surface area contributed by atoms with E-state index in [1.165, 1.54) is 0 Å². The predicted octanol–water partition coefficient (Wildman–Crippen LogP) is 2.50. The molecular formula is C21H20N2O4. The maximum Gasteiger partial charge on any atom is 0.254 e. The standard InChI is InChI=1S/C21H20N2O4/c1-13-8-9-17(23-10-4-7-19(23)24)15(11-13)21(26)22-16-12-27-18-6-3-2-5-14(18)20(16)25/h2-3,5-6,8-9,11,16H,4,7,10,12H2,1H3,(H,22,26). The third kappa shape index (κ3) is 3.18. The van der Waals surface area contributed by atoms with Gasteiger partial charge in [0.05, 0.1) is 16.8 Å². The molecular weight excluding hydrogens is 344 g/mol. The lowest BCUT2D eigenvalue weighted by molar-refractivity contribution is -0.117. The molecule has 27 heavy (non-hydrogen) atoms. The van der Waals surface area contributed by atoms with Gasteiger partial charge in [-0.3, -0.25) is 14.4 Å². The van der Waals surface area contributed by atoms with Crippen LogP contribution in [0.15, 0.2) is 42.5 Å². The molecule has 2 amide bonds. The molecule has 2 heterocycles. The maximum absolute atomic E-state index is 13.0. The normalized spacial score (nSPS) is 18.9. The van der Waals surface area contributed by atoms with Gasteiger partial charge in [-0.25, -0.2) is 0 Å². The number of anilines is 1. The first-order valence-corrected chi connectivity index (χ1v) is 9.02. The molecule has 0 aromatic heterocycles. The lowest BCUT2D eigenvalue weighted by atomic mass is 10.00. The van der Waals surface area contributed by atoms with Gasteiger partial charge in [-0.05, 0) is 37.6 Å². The third-order valence-electron chi connectivity index (χ3n) is 4.94. The van der Waals surface area contributed by atoms with E-state index in [1.54, 1.807) is 41.3 Å². The number of ether oxygens (including phenoxy) is 1. The molecule has 138 valence electrons. The molecule has 1 N–H and O–H groups in total. The highest BCUT2D eigenvalue weighted by molar-refractivity contribution is 6.09. The minimum absolute atomic E-state index is 0.0129. The highest BCUT2D eigenvalue weighted by atomic mass is 16.5. The molecule has 0 aliphatic carbocycles. The first-order valence-electron chi connectivity index (χ1n) is 9.02. The Labute approximate surface area is 157 Å². The number of hydrogen-bond donors (Lipinski definition) is 1. The second kappa shape index (κ2) is 6.87. The lowest BCUT2D eigenvalue weighted by Gasteiger charge is -2.26. The van der Waals surface area contributed by atoms with Crippen LogP contribution >= 0.6 is 0 Å². The summed E-state index contributed by atoms with van der Waals surface area (Å²) in [7, 11) is 0. The second-order valence-corrected chi connectivity index (χ2v) is 6.87. The zero-order valence-corrected chi connectivity index (χ0v) is 15.0. The van der Waals surface area contributed by atoms with Crippen molar-refractivity contribution in [3.05, 3.63) is 59.2 Å². The summed E-state index contributed by atoms with van der Waals surface area (Å²) < 4.78 is 5.61. The summed E-state index contributed by atoms with van der Waals surface area (Å²) in [5, 5.41) is 2.78. The molecule has 1 unspecified atom stereocenters. The number of nitrogens with zero attached hydrogens (tertiary/aromatic N) is 1. The SMILES string of the molecule is Cc1ccc(N2CCCC2=O)c(C(=O)NC2COc3ccccc3C2=O)c1. The van der Waals surface area contributed by atoms with Crippen LogP contribution < -0.4 is 15.0 Å². The fraction of sp³-hybridized carbons (Fsp3) is 0.286. The van der Waals surface area contributed by atoms with Crippen molar-refractivity contribution in [2.45, 2.75) is 25.8 Å². The Balaban J connectivity index is 1.60. The lowest BCUT2D eigenvalue weighted by Crippen LogP contribution is -2.47. The van der Waals surface area contributed by atoms with E-state index >= 15 is 0 Å². The Bertz CT molecular complexity index is 938. The Morgan fingerprint density at radius 2 is 2.00 bits per heavy atom. The molecule has 2 aliphatic heterocycles. The smallest absolute Gasteiger partial charge is 0.254 e. The van der Waals surface area contributed by atoms with Gasteiger partial charge >= 0.3 is 0 Å². The minimum Gasteiger partial charge on any atom is -0.490 e. The van der Waals surface area contributed by atoms with E-state index in [-0.39, 0.29) is 24.2 Å². The zero-order chi connectivity index (χ0) is 19.0. The van der Waals surface area contributed by atoms with Gasteiger partial charge in [-0.15, -0.1) is 0 Å². The Morgan fingerprint density at radius 1 is 1.19 bits per heavy atom. The zero-order valence-electron chi connectivity index (χ0n) is 15.0. The average Bonchev–Trinajstić information content (AvgIpc) is 3.10. The number of rotatable bonds is 3. The molecule has 0 radical (unpaired) electrons. The Morgan fingerprint density at radius 3 is 2.78 bits per heavy atom. The Hall–Kier alpha value is -3.15. The molecule has 0 saturated carbocycles. The van der Waals surface area contributed by atoms with Crippen LogP contribution in [0, 0.1) is 6.92 Å². The molecule has 1 fully saturated rings. The molecule has 1 saturated heterocycles. The van der Waals surface area contributed by atoms with Gasteiger partial charge in [0, 0.05) is 13.0 Å². The monoisotopic (exact) mass is 364 g/mol. The van der Waals surface area contributed by atoms with Crippen LogP contribution in [0.5, 0.6) is 5.75 Å². The third-order valence-corrected chi connectivity index (χ3v) is 4.94. The van der Waals surface area contributed by atoms with Crippen LogP contribution in [0.2, 0.25) is 0 Å². The van der Waals surface area contributed by atoms with E-state index < -0.39 is 6.04 Å². The fourth-order valence-electron chi connectivity index (χ4n) is 3.55. The van der Waals surface area contributed by atoms with E-state index in [1.807, 2.05) is 13.0 Å². The first-order chi connectivity index (χ1) is 13.0. The summed E-state index contributed by atoms with van der Waals surface area (Å²) in [5.41, 5.74) is 2.36. The summed E-state index contributed by atoms with van der Waals surface area (Å²) in [4.78, 5) is 39.4. The highest BCUT2D eigenvalue weighted by Crippen LogP contribution is 2.28. The first kappa shape index (κ1) is 17.3. The van der Waals surface area contributed by atoms with Crippen molar-refractivity contribution in [1.29, 1.82) is 0 Å². The number of Topliss-reactive ketones (excluding diaryl/α,β-unsaturated/α-hetero) is 1. The van der Waals surface area contributed by atoms with Crippen molar-refractivity contribution in [3.8, 4) is 5.75 Å². The molecule has 2 aromatic carbocycles. The molecule has 4 rings (SSSR count). The largest absolute Gasteiger partial charge is 0.490 e. The van der Waals surface area contributed by atoms with Gasteiger partial charge in [-0.2, -0.15) is 0 Å². The summed E-state index contributed by atoms with van der Waals surface area (Å²) in [6.07, 6.45) is 1.26. The fourth-order valence-corrected chi connectivity index (χ4v) is 3.55. The number of para-hydroxylation sites is 1. The van der Waals surface area contributed by atoms with Gasteiger partial charge in [0.2, 0.25) is 5.91 Å². The van der Waals surface area contributed by atoms with Gasteiger partial charge in [0.25, 0.3) is 5.91 Å². The Kier molecular flexibility index (Phi) is 4.39. The summed E-state index contributed by atoms with van der Waals surface area (Å²) in [6, 6.07) is 11.7. The van der Waals surface area contributed by atoms with Gasteiger partial charge in [-0.1, -0.05) is 23.8 Å². The predicted molar refractivity (Wildman–Crippen MR) is 100 cm³/mol. The number of nitrogens with one attached hydrogen (secondary N) is 1. The van der Waals surface area contributed by atoms with Crippen molar-refractivity contribution >= 4 is 23.3 Å². The van der Waals surface area contributed by atoms with Crippen LogP contribution in [0.3, 0.4) is 0 Å². The minimum atomic E-state index is -0.755. The van der Waals surface area contributed by atoms with Crippen LogP contribution in [-0.2, 0) is 4.79 Å². The number of ketones is 1. The number of benzene rings is 2. The molecule has 2 aliphatic rings. The molecule has 6 nitrogen and oxygen atoms in total. The number of hydrogen-bond acceptors (Lipinski definition) is 4. The van der Waals surface area contributed by atoms with E-state index in [4.69, 9.17) is 4.74 Å². The number of fused-ring (bicyclic) bond motifs is 1. The number of amides is 2. The van der Waals surface area contributed by atoms with Crippen LogP contribution in [-0.4, -0.2) is 36.8 Å². The van der Waals surface area contributed by atoms with E-state index in [9.17, 15) is 14.4 Å². The van der Waals surface area contributed by atoms with Gasteiger partial charge in [0.15, 0.2) is 5.78 Å². The number of carbonyl (C=O) groups excluding carboxylic acids is 3. The summed E-state index contributed by atoms with van der Waals surface area (Å²) in [5.74, 6) is -0.00260. The second-order valence-electron chi connectivity index (χ2n) is 6.87. The van der Waals surface area contributed by atoms with Crippen LogP contribution in [0.1, 0.15) is 39.1 Å². The molecule has 1 atom stereocenters. The highest BCUT2D eigenvalue weighted by Gasteiger charge is 2.32. The van der Waals surface area contributed by atoms with Crippen LogP contribution in [0.4, 0.5) is 5.69 Å². The summed E-state index contributed by atoms with van der Waals surface area (Å²) >= 11 is 0. The number of carbonyl (C=O) groups is 3. The molecule has 2 aromatic rings. The van der Waals surface area contributed by atoms with Crippen molar-refractivity contribution in [1.82, 2.24) is 5.32 Å².